The molecule has 0 aliphatic rings. The molecule has 0 saturated carbocycles. The third-order valence-corrected chi connectivity index (χ3v) is 3.49. The minimum Gasteiger partial charge on any atom is -0.478 e. The van der Waals surface area contributed by atoms with Gasteiger partial charge in [0.2, 0.25) is 5.91 Å². The molecule has 2 aromatic rings. The van der Waals surface area contributed by atoms with Crippen LogP contribution < -0.4 is 5.32 Å². The van der Waals surface area contributed by atoms with E-state index in [-0.39, 0.29) is 18.1 Å². The van der Waals surface area contributed by atoms with E-state index in [9.17, 15) is 9.59 Å². The number of unbranched alkanes of at least 4 members (excludes halogenated alkanes) is 1. The van der Waals surface area contributed by atoms with Gasteiger partial charge in [0, 0.05) is 12.3 Å². The number of carboxylic acids is 1. The number of anilines is 1. The molecule has 24 heavy (non-hydrogen) atoms. The molecule has 0 bridgehead atoms. The Morgan fingerprint density at radius 3 is 2.83 bits per heavy atom. The molecule has 128 valence electrons. The van der Waals surface area contributed by atoms with Crippen LogP contribution in [-0.2, 0) is 9.53 Å². The quantitative estimate of drug-likeness (QED) is 0.725. The van der Waals surface area contributed by atoms with Crippen LogP contribution in [0.15, 0.2) is 30.5 Å². The van der Waals surface area contributed by atoms with Crippen molar-refractivity contribution in [1.82, 2.24) is 9.78 Å². The van der Waals surface area contributed by atoms with Crippen LogP contribution in [0.25, 0.3) is 5.69 Å². The van der Waals surface area contributed by atoms with Crippen molar-refractivity contribution in [3.63, 3.8) is 0 Å². The Morgan fingerprint density at radius 2 is 2.17 bits per heavy atom. The van der Waals surface area contributed by atoms with E-state index >= 15 is 0 Å². The Hall–Kier alpha value is -2.67. The highest BCUT2D eigenvalue weighted by Gasteiger charge is 2.14. The average Bonchev–Trinajstić information content (AvgIpc) is 2.93. The van der Waals surface area contributed by atoms with Crippen LogP contribution in [0.1, 0.15) is 35.8 Å². The number of carbonyl (C=O) groups is 2. The van der Waals surface area contributed by atoms with Gasteiger partial charge in [-0.2, -0.15) is 5.10 Å². The van der Waals surface area contributed by atoms with Crippen LogP contribution in [0.3, 0.4) is 0 Å². The third kappa shape index (κ3) is 4.42. The molecule has 1 aromatic heterocycles. The topological polar surface area (TPSA) is 93.5 Å². The van der Waals surface area contributed by atoms with Crippen molar-refractivity contribution < 1.29 is 19.4 Å². The number of benzene rings is 1. The Bertz CT molecular complexity index is 724. The zero-order chi connectivity index (χ0) is 17.5. The van der Waals surface area contributed by atoms with Gasteiger partial charge in [-0.05, 0) is 31.5 Å². The standard InChI is InChI=1S/C17H21N3O4/c1-3-4-8-24-11-16(21)19-13-6-5-7-14(9-13)20-12(2)15(10-18-20)17(22)23/h5-7,9-10H,3-4,8,11H2,1-2H3,(H,19,21)(H,22,23). The second-order valence-corrected chi connectivity index (χ2v) is 5.37. The molecule has 2 rings (SSSR count). The number of nitrogens with one attached hydrogen (secondary N) is 1. The van der Waals surface area contributed by atoms with Gasteiger partial charge in [0.15, 0.2) is 0 Å². The van der Waals surface area contributed by atoms with Gasteiger partial charge >= 0.3 is 5.97 Å². The Labute approximate surface area is 140 Å². The number of aromatic carboxylic acids is 1. The van der Waals surface area contributed by atoms with Crippen molar-refractivity contribution in [3.05, 3.63) is 41.7 Å². The minimum atomic E-state index is -1.02. The third-order valence-electron chi connectivity index (χ3n) is 3.49. The van der Waals surface area contributed by atoms with E-state index in [1.165, 1.54) is 10.9 Å². The number of aromatic nitrogens is 2. The zero-order valence-electron chi connectivity index (χ0n) is 13.8. The van der Waals surface area contributed by atoms with Crippen molar-refractivity contribution in [2.75, 3.05) is 18.5 Å². The van der Waals surface area contributed by atoms with Gasteiger partial charge in [0.25, 0.3) is 0 Å². The van der Waals surface area contributed by atoms with Gasteiger partial charge in [-0.15, -0.1) is 0 Å². The molecular formula is C17H21N3O4. The van der Waals surface area contributed by atoms with Gasteiger partial charge in [-0.3, -0.25) is 4.79 Å². The molecule has 0 saturated heterocycles. The number of carboxylic acid groups (broad SMARTS) is 1. The molecule has 0 unspecified atom stereocenters. The summed E-state index contributed by atoms with van der Waals surface area (Å²) in [5.41, 5.74) is 1.94. The summed E-state index contributed by atoms with van der Waals surface area (Å²) in [4.78, 5) is 22.9. The number of nitrogens with zero attached hydrogens (tertiary/aromatic N) is 2. The van der Waals surface area contributed by atoms with Crippen molar-refractivity contribution >= 4 is 17.6 Å². The monoisotopic (exact) mass is 331 g/mol. The number of rotatable bonds is 8. The molecule has 1 aromatic carbocycles. The average molecular weight is 331 g/mol. The molecule has 0 radical (unpaired) electrons. The number of hydrogen-bond acceptors (Lipinski definition) is 4. The molecule has 0 aliphatic heterocycles. The Morgan fingerprint density at radius 1 is 1.38 bits per heavy atom. The molecule has 1 amide bonds. The van der Waals surface area contributed by atoms with Crippen LogP contribution in [0.2, 0.25) is 0 Å². The fourth-order valence-corrected chi connectivity index (χ4v) is 2.20. The molecule has 0 fully saturated rings. The maximum absolute atomic E-state index is 11.8. The van der Waals surface area contributed by atoms with Gasteiger partial charge in [0.1, 0.15) is 12.2 Å². The first-order valence-corrected chi connectivity index (χ1v) is 7.79. The summed E-state index contributed by atoms with van der Waals surface area (Å²) in [6.07, 6.45) is 3.25. The fourth-order valence-electron chi connectivity index (χ4n) is 2.20. The second kappa shape index (κ2) is 8.26. The first-order valence-electron chi connectivity index (χ1n) is 7.79. The minimum absolute atomic E-state index is 0.00812. The second-order valence-electron chi connectivity index (χ2n) is 5.37. The highest BCUT2D eigenvalue weighted by Crippen LogP contribution is 2.18. The van der Waals surface area contributed by atoms with Gasteiger partial charge in [-0.1, -0.05) is 19.4 Å². The van der Waals surface area contributed by atoms with E-state index in [0.29, 0.717) is 23.7 Å². The lowest BCUT2D eigenvalue weighted by Gasteiger charge is -2.09. The Kier molecular flexibility index (Phi) is 6.08. The van der Waals surface area contributed by atoms with E-state index in [0.717, 1.165) is 12.8 Å². The van der Waals surface area contributed by atoms with Gasteiger partial charge in [0.05, 0.1) is 17.6 Å². The maximum Gasteiger partial charge on any atom is 0.339 e. The lowest BCUT2D eigenvalue weighted by molar-refractivity contribution is -0.120. The largest absolute Gasteiger partial charge is 0.478 e. The fraction of sp³-hybridized carbons (Fsp3) is 0.353. The van der Waals surface area contributed by atoms with Crippen molar-refractivity contribution in [2.45, 2.75) is 26.7 Å². The highest BCUT2D eigenvalue weighted by atomic mass is 16.5. The van der Waals surface area contributed by atoms with E-state index in [1.54, 1.807) is 31.2 Å². The summed E-state index contributed by atoms with van der Waals surface area (Å²) in [5.74, 6) is -1.25. The summed E-state index contributed by atoms with van der Waals surface area (Å²) >= 11 is 0. The smallest absolute Gasteiger partial charge is 0.339 e. The first-order chi connectivity index (χ1) is 11.5. The lowest BCUT2D eigenvalue weighted by Crippen LogP contribution is -2.18. The molecule has 0 atom stereocenters. The van der Waals surface area contributed by atoms with E-state index in [2.05, 4.69) is 17.3 Å². The molecular weight excluding hydrogens is 310 g/mol. The molecule has 2 N–H and O–H groups in total. The predicted molar refractivity (Wildman–Crippen MR) is 89.6 cm³/mol. The van der Waals surface area contributed by atoms with E-state index < -0.39 is 5.97 Å². The normalized spacial score (nSPS) is 10.6. The number of ether oxygens (including phenoxy) is 1. The van der Waals surface area contributed by atoms with E-state index in [1.807, 2.05) is 0 Å². The van der Waals surface area contributed by atoms with Crippen molar-refractivity contribution in [3.8, 4) is 5.69 Å². The number of amides is 1. The summed E-state index contributed by atoms with van der Waals surface area (Å²) in [6.45, 7) is 4.31. The highest BCUT2D eigenvalue weighted by molar-refractivity contribution is 5.92. The van der Waals surface area contributed by atoms with Crippen LogP contribution in [0.4, 0.5) is 5.69 Å². The van der Waals surface area contributed by atoms with Crippen LogP contribution in [0.5, 0.6) is 0 Å². The van der Waals surface area contributed by atoms with Crippen molar-refractivity contribution in [2.24, 2.45) is 0 Å². The Balaban J connectivity index is 2.06. The number of hydrogen-bond donors (Lipinski definition) is 2. The van der Waals surface area contributed by atoms with Crippen molar-refractivity contribution in [1.29, 1.82) is 0 Å². The molecule has 0 spiro atoms. The molecule has 7 nitrogen and oxygen atoms in total. The molecule has 1 heterocycles. The van der Waals surface area contributed by atoms with Crippen LogP contribution >= 0.6 is 0 Å². The SMILES string of the molecule is CCCCOCC(=O)Nc1cccc(-n2ncc(C(=O)O)c2C)c1. The molecule has 7 heteroatoms. The van der Waals surface area contributed by atoms with Gasteiger partial charge < -0.3 is 15.2 Å². The number of carbonyl (C=O) groups excluding carboxylic acids is 1. The summed E-state index contributed by atoms with van der Waals surface area (Å²) < 4.78 is 6.80. The first kappa shape index (κ1) is 17.7. The predicted octanol–water partition coefficient (Wildman–Crippen LogP) is 2.63. The summed E-state index contributed by atoms with van der Waals surface area (Å²) in [7, 11) is 0. The van der Waals surface area contributed by atoms with Crippen LogP contribution in [0, 0.1) is 6.92 Å². The molecule has 0 aliphatic carbocycles. The van der Waals surface area contributed by atoms with Crippen LogP contribution in [-0.4, -0.2) is 40.0 Å². The summed E-state index contributed by atoms with van der Waals surface area (Å²) in [5, 5.41) is 15.9. The van der Waals surface area contributed by atoms with Gasteiger partial charge in [-0.25, -0.2) is 9.48 Å². The van der Waals surface area contributed by atoms with E-state index in [4.69, 9.17) is 9.84 Å². The maximum atomic E-state index is 11.8. The summed E-state index contributed by atoms with van der Waals surface area (Å²) in [6, 6.07) is 7.05. The zero-order valence-corrected chi connectivity index (χ0v) is 13.8. The lowest BCUT2D eigenvalue weighted by atomic mass is 10.2.